The van der Waals surface area contributed by atoms with Gasteiger partial charge in [-0.05, 0) is 69.2 Å². The van der Waals surface area contributed by atoms with Crippen LogP contribution in [0.15, 0.2) is 59.3 Å². The molecule has 1 aliphatic heterocycles. The quantitative estimate of drug-likeness (QED) is 0.178. The third kappa shape index (κ3) is 6.43. The first-order chi connectivity index (χ1) is 22.8. The second-order valence-corrected chi connectivity index (χ2v) is 14.4. The number of rotatable bonds is 8. The van der Waals surface area contributed by atoms with Gasteiger partial charge in [-0.15, -0.1) is 0 Å². The highest BCUT2D eigenvalue weighted by atomic mass is 16.5. The summed E-state index contributed by atoms with van der Waals surface area (Å²) in [6.45, 7) is 13.8. The number of carboxylic acids is 1. The van der Waals surface area contributed by atoms with Crippen LogP contribution in [0.25, 0.3) is 33.2 Å². The number of hydrogen-bond acceptors (Lipinski definition) is 9. The van der Waals surface area contributed by atoms with Gasteiger partial charge in [0.05, 0.1) is 11.3 Å². The Hall–Kier alpha value is -5.01. The Morgan fingerprint density at radius 2 is 1.81 bits per heavy atom. The zero-order chi connectivity index (χ0) is 34.4. The third-order valence-electron chi connectivity index (χ3n) is 9.06. The number of aliphatic carboxylic acids is 1. The average molecular weight is 647 g/mol. The molecule has 0 unspecified atom stereocenters. The number of para-hydroxylation sites is 1. The predicted molar refractivity (Wildman–Crippen MR) is 187 cm³/mol. The van der Waals surface area contributed by atoms with E-state index in [0.717, 1.165) is 53.5 Å². The number of nitriles is 1. The summed E-state index contributed by atoms with van der Waals surface area (Å²) in [5.41, 5.74) is 5.98. The lowest BCUT2D eigenvalue weighted by Gasteiger charge is -2.41. The number of carboxylic acid groups (broad SMARTS) is 1. The lowest BCUT2D eigenvalue weighted by molar-refractivity contribution is -0.160. The normalized spacial score (nSPS) is 15.4. The monoisotopic (exact) mass is 646 g/mol. The van der Waals surface area contributed by atoms with Crippen LogP contribution in [0, 0.1) is 23.7 Å². The molecule has 3 aromatic heterocycles. The first-order valence-corrected chi connectivity index (χ1v) is 16.3. The minimum absolute atomic E-state index is 0.163. The number of nitrogens with zero attached hydrogens (tertiary/aromatic N) is 6. The molecule has 0 radical (unpaired) electrons. The molecule has 1 fully saturated rings. The van der Waals surface area contributed by atoms with Crippen LogP contribution in [0.4, 0.5) is 11.5 Å². The van der Waals surface area contributed by atoms with Crippen LogP contribution < -0.4 is 9.80 Å². The lowest BCUT2D eigenvalue weighted by Crippen LogP contribution is -2.39. The Balaban J connectivity index is 1.41. The van der Waals surface area contributed by atoms with Crippen molar-refractivity contribution < 1.29 is 19.1 Å². The summed E-state index contributed by atoms with van der Waals surface area (Å²) in [7, 11) is 1.96. The molecule has 5 aromatic rings. The molecule has 10 heteroatoms. The summed E-state index contributed by atoms with van der Waals surface area (Å²) in [5, 5.41) is 21.8. The van der Waals surface area contributed by atoms with E-state index < -0.39 is 17.7 Å². The first kappa shape index (κ1) is 32.9. The third-order valence-corrected chi connectivity index (χ3v) is 9.06. The van der Waals surface area contributed by atoms with Crippen LogP contribution in [0.3, 0.4) is 0 Å². The molecule has 0 bridgehead atoms. The van der Waals surface area contributed by atoms with Crippen molar-refractivity contribution in [1.29, 1.82) is 5.26 Å². The lowest BCUT2D eigenvalue weighted by atomic mass is 9.81. The van der Waals surface area contributed by atoms with E-state index in [-0.39, 0.29) is 11.1 Å². The number of ether oxygens (including phenoxy) is 1. The molecule has 0 saturated carbocycles. The number of hydrogen-bond donors (Lipinski definition) is 1. The number of fused-ring (bicyclic) bond motifs is 3. The zero-order valence-electron chi connectivity index (χ0n) is 28.7. The van der Waals surface area contributed by atoms with Gasteiger partial charge in [0.2, 0.25) is 0 Å². The maximum absolute atomic E-state index is 12.8. The van der Waals surface area contributed by atoms with Crippen LogP contribution in [0.2, 0.25) is 0 Å². The van der Waals surface area contributed by atoms with Gasteiger partial charge >= 0.3 is 5.97 Å². The maximum atomic E-state index is 12.8. The highest BCUT2D eigenvalue weighted by Crippen LogP contribution is 2.45. The molecule has 1 atom stereocenters. The second kappa shape index (κ2) is 12.5. The molecule has 0 amide bonds. The van der Waals surface area contributed by atoms with Crippen molar-refractivity contribution in [3.63, 3.8) is 0 Å². The number of aromatic nitrogens is 3. The van der Waals surface area contributed by atoms with E-state index in [1.807, 2.05) is 81.2 Å². The van der Waals surface area contributed by atoms with Crippen LogP contribution in [-0.4, -0.2) is 51.8 Å². The molecule has 1 N–H and O–H groups in total. The van der Waals surface area contributed by atoms with Crippen LogP contribution >= 0.6 is 0 Å². The van der Waals surface area contributed by atoms with Gasteiger partial charge in [0.25, 0.3) is 0 Å². The molecule has 48 heavy (non-hydrogen) atoms. The molecule has 6 rings (SSSR count). The number of furan rings is 1. The fourth-order valence-corrected chi connectivity index (χ4v) is 6.53. The number of carbonyl (C=O) groups is 1. The number of benzene rings is 2. The number of anilines is 2. The fraction of sp³-hybridized carbons (Fsp3) is 0.395. The van der Waals surface area contributed by atoms with Crippen molar-refractivity contribution in [3.8, 4) is 17.2 Å². The van der Waals surface area contributed by atoms with Crippen molar-refractivity contribution >= 4 is 39.5 Å². The highest BCUT2D eigenvalue weighted by Gasteiger charge is 2.37. The van der Waals surface area contributed by atoms with Gasteiger partial charge in [0.1, 0.15) is 23.5 Å². The first-order valence-electron chi connectivity index (χ1n) is 16.3. The van der Waals surface area contributed by atoms with Crippen molar-refractivity contribution in [2.45, 2.75) is 72.6 Å². The van der Waals surface area contributed by atoms with E-state index >= 15 is 0 Å². The van der Waals surface area contributed by atoms with Crippen molar-refractivity contribution in [2.75, 3.05) is 29.9 Å². The Bertz CT molecular complexity index is 2030. The van der Waals surface area contributed by atoms with Gasteiger partial charge < -0.3 is 24.1 Å². The van der Waals surface area contributed by atoms with Crippen molar-refractivity contribution in [1.82, 2.24) is 15.0 Å². The van der Waals surface area contributed by atoms with Crippen LogP contribution in [-0.2, 0) is 16.1 Å². The minimum atomic E-state index is -1.26. The van der Waals surface area contributed by atoms with E-state index in [0.29, 0.717) is 40.5 Å². The largest absolute Gasteiger partial charge is 0.479 e. The Morgan fingerprint density at radius 3 is 2.46 bits per heavy atom. The Kier molecular flexibility index (Phi) is 8.60. The molecule has 248 valence electrons. The highest BCUT2D eigenvalue weighted by molar-refractivity contribution is 6.05. The second-order valence-electron chi connectivity index (χ2n) is 14.4. The molecule has 1 saturated heterocycles. The number of pyridine rings is 1. The summed E-state index contributed by atoms with van der Waals surface area (Å²) in [4.78, 5) is 30.8. The summed E-state index contributed by atoms with van der Waals surface area (Å²) in [6, 6.07) is 18.1. The Labute approximate surface area is 281 Å². The topological polar surface area (TPSA) is 129 Å². The standard InChI is InChI=1S/C38H42N6O4/c1-23-29(33(36(45)46)48-37(2,3)4)32(44-18-16-38(5,6)17-19-44)30(27(20-39)42-23)25-14-12-24(13-15-25)21-43(7)35-34-31(40-22-41-35)26-10-8-9-11-28(26)47-34/h8-15,22,33H,16-19,21H2,1-7H3,(H,45,46)/t33-/m0/s1. The van der Waals surface area contributed by atoms with Gasteiger partial charge in [-0.25, -0.2) is 19.7 Å². The molecule has 0 spiro atoms. The van der Waals surface area contributed by atoms with Gasteiger partial charge in [0, 0.05) is 48.9 Å². The van der Waals surface area contributed by atoms with E-state index in [1.54, 1.807) is 13.3 Å². The van der Waals surface area contributed by atoms with Gasteiger partial charge in [-0.3, -0.25) is 0 Å². The molecular weight excluding hydrogens is 604 g/mol. The van der Waals surface area contributed by atoms with E-state index in [2.05, 4.69) is 39.8 Å². The summed E-state index contributed by atoms with van der Waals surface area (Å²) in [6.07, 6.45) is 2.16. The van der Waals surface area contributed by atoms with Crippen LogP contribution in [0.1, 0.15) is 76.1 Å². The molecule has 4 heterocycles. The van der Waals surface area contributed by atoms with E-state index in [4.69, 9.17) is 9.15 Å². The van der Waals surface area contributed by atoms with Gasteiger partial charge in [0.15, 0.2) is 23.2 Å². The summed E-state index contributed by atoms with van der Waals surface area (Å²) < 4.78 is 12.3. The fourth-order valence-electron chi connectivity index (χ4n) is 6.53. The molecule has 0 aliphatic carbocycles. The smallest absolute Gasteiger partial charge is 0.337 e. The van der Waals surface area contributed by atoms with Crippen LogP contribution in [0.5, 0.6) is 0 Å². The summed E-state index contributed by atoms with van der Waals surface area (Å²) >= 11 is 0. The average Bonchev–Trinajstić information content (AvgIpc) is 3.42. The Morgan fingerprint density at radius 1 is 1.12 bits per heavy atom. The predicted octanol–water partition coefficient (Wildman–Crippen LogP) is 7.82. The molecule has 10 nitrogen and oxygen atoms in total. The van der Waals surface area contributed by atoms with E-state index in [9.17, 15) is 15.2 Å². The molecule has 1 aliphatic rings. The minimum Gasteiger partial charge on any atom is -0.479 e. The molecular formula is C38H42N6O4. The summed E-state index contributed by atoms with van der Waals surface area (Å²) in [5.74, 6) is -0.404. The van der Waals surface area contributed by atoms with Crippen molar-refractivity contribution in [3.05, 3.63) is 77.4 Å². The SMILES string of the molecule is Cc1nc(C#N)c(-c2ccc(CN(C)c3ncnc4c3oc3ccccc34)cc2)c(N2CCC(C)(C)CC2)c1[C@H](OC(C)(C)C)C(=O)O. The maximum Gasteiger partial charge on any atom is 0.337 e. The number of piperidine rings is 1. The van der Waals surface area contributed by atoms with Crippen molar-refractivity contribution in [2.24, 2.45) is 5.41 Å². The van der Waals surface area contributed by atoms with E-state index in [1.165, 1.54) is 0 Å². The van der Waals surface area contributed by atoms with Gasteiger partial charge in [-0.1, -0.05) is 50.2 Å². The number of aryl methyl sites for hydroxylation is 1. The molecule has 2 aromatic carbocycles. The zero-order valence-corrected chi connectivity index (χ0v) is 28.7. The van der Waals surface area contributed by atoms with Gasteiger partial charge in [-0.2, -0.15) is 5.26 Å².